The maximum Gasteiger partial charge on any atom is 0.273 e. The van der Waals surface area contributed by atoms with E-state index in [0.29, 0.717) is 23.6 Å². The number of amides is 1. The Morgan fingerprint density at radius 2 is 2.19 bits per heavy atom. The molecule has 1 aromatic rings. The summed E-state index contributed by atoms with van der Waals surface area (Å²) in [6.45, 7) is 2.23. The number of hydrogen-bond donors (Lipinski definition) is 1. The second-order valence-electron chi connectivity index (χ2n) is 5.67. The van der Waals surface area contributed by atoms with Crippen LogP contribution in [0.4, 0.5) is 5.69 Å². The molecule has 6 nitrogen and oxygen atoms in total. The van der Waals surface area contributed by atoms with Crippen LogP contribution in [0.1, 0.15) is 35.2 Å². The second-order valence-corrected chi connectivity index (χ2v) is 5.67. The van der Waals surface area contributed by atoms with Gasteiger partial charge in [0.1, 0.15) is 0 Å². The molecule has 2 unspecified atom stereocenters. The first-order valence-electron chi connectivity index (χ1n) is 7.18. The van der Waals surface area contributed by atoms with Gasteiger partial charge in [0.25, 0.3) is 11.6 Å². The van der Waals surface area contributed by atoms with Gasteiger partial charge < -0.3 is 10.6 Å². The molecule has 1 aliphatic carbocycles. The SMILES string of the molecule is Cc1ccc(C(=O)N(C)C2CCCC2CN)cc1[N+](=O)[O-]. The molecular weight excluding hydrogens is 270 g/mol. The van der Waals surface area contributed by atoms with Crippen LogP contribution < -0.4 is 5.73 Å². The number of carbonyl (C=O) groups excluding carboxylic acids is 1. The molecule has 6 heteroatoms. The molecule has 2 N–H and O–H groups in total. The van der Waals surface area contributed by atoms with Gasteiger partial charge in [0.15, 0.2) is 0 Å². The fourth-order valence-corrected chi connectivity index (χ4v) is 3.10. The van der Waals surface area contributed by atoms with E-state index >= 15 is 0 Å². The van der Waals surface area contributed by atoms with Crippen molar-refractivity contribution in [1.29, 1.82) is 0 Å². The minimum atomic E-state index is -0.454. The number of nitro groups is 1. The van der Waals surface area contributed by atoms with Crippen molar-refractivity contribution in [2.24, 2.45) is 11.7 Å². The molecule has 1 aliphatic rings. The summed E-state index contributed by atoms with van der Waals surface area (Å²) in [5, 5.41) is 11.0. The van der Waals surface area contributed by atoms with Crippen molar-refractivity contribution in [3.63, 3.8) is 0 Å². The highest BCUT2D eigenvalue weighted by molar-refractivity contribution is 5.95. The molecule has 1 saturated carbocycles. The third-order valence-corrected chi connectivity index (χ3v) is 4.39. The van der Waals surface area contributed by atoms with Crippen molar-refractivity contribution in [3.05, 3.63) is 39.4 Å². The van der Waals surface area contributed by atoms with Crippen LogP contribution in [0.5, 0.6) is 0 Å². The molecule has 2 rings (SSSR count). The molecule has 0 heterocycles. The van der Waals surface area contributed by atoms with Gasteiger partial charge in [-0.15, -0.1) is 0 Å². The Balaban J connectivity index is 2.23. The Hall–Kier alpha value is -1.95. The largest absolute Gasteiger partial charge is 0.338 e. The van der Waals surface area contributed by atoms with Crippen molar-refractivity contribution < 1.29 is 9.72 Å². The van der Waals surface area contributed by atoms with Crippen molar-refractivity contribution in [2.45, 2.75) is 32.2 Å². The summed E-state index contributed by atoms with van der Waals surface area (Å²) in [5.41, 5.74) is 6.65. The van der Waals surface area contributed by atoms with Gasteiger partial charge in [0.2, 0.25) is 0 Å². The predicted molar refractivity (Wildman–Crippen MR) is 80.1 cm³/mol. The highest BCUT2D eigenvalue weighted by Gasteiger charge is 2.32. The smallest absolute Gasteiger partial charge is 0.273 e. The van der Waals surface area contributed by atoms with Crippen LogP contribution in [0.3, 0.4) is 0 Å². The Kier molecular flexibility index (Phi) is 4.57. The van der Waals surface area contributed by atoms with Crippen molar-refractivity contribution in [2.75, 3.05) is 13.6 Å². The Morgan fingerprint density at radius 1 is 1.48 bits per heavy atom. The van der Waals surface area contributed by atoms with Crippen LogP contribution >= 0.6 is 0 Å². The normalized spacial score (nSPS) is 21.3. The predicted octanol–water partition coefficient (Wildman–Crippen LogP) is 2.10. The lowest BCUT2D eigenvalue weighted by atomic mass is 10.0. The summed E-state index contributed by atoms with van der Waals surface area (Å²) in [5.74, 6) is 0.142. The molecule has 0 spiro atoms. The average Bonchev–Trinajstić information content (AvgIpc) is 2.94. The molecular formula is C15H21N3O3. The molecule has 0 aliphatic heterocycles. The number of hydrogen-bond acceptors (Lipinski definition) is 4. The zero-order valence-electron chi connectivity index (χ0n) is 12.4. The summed E-state index contributed by atoms with van der Waals surface area (Å²) in [6.07, 6.45) is 3.04. The van der Waals surface area contributed by atoms with Crippen LogP contribution in [-0.4, -0.2) is 35.4 Å². The Labute approximate surface area is 124 Å². The van der Waals surface area contributed by atoms with Crippen LogP contribution in [-0.2, 0) is 0 Å². The maximum absolute atomic E-state index is 12.5. The first kappa shape index (κ1) is 15.4. The molecule has 0 aromatic heterocycles. The molecule has 0 radical (unpaired) electrons. The zero-order chi connectivity index (χ0) is 15.6. The van der Waals surface area contributed by atoms with Crippen LogP contribution in [0.15, 0.2) is 18.2 Å². The van der Waals surface area contributed by atoms with Crippen molar-refractivity contribution >= 4 is 11.6 Å². The minimum Gasteiger partial charge on any atom is -0.338 e. The molecule has 1 amide bonds. The van der Waals surface area contributed by atoms with Crippen LogP contribution in [0, 0.1) is 23.0 Å². The molecule has 1 aromatic carbocycles. The summed E-state index contributed by atoms with van der Waals surface area (Å²) in [6, 6.07) is 4.76. The third kappa shape index (κ3) is 3.05. The lowest BCUT2D eigenvalue weighted by Gasteiger charge is -2.29. The van der Waals surface area contributed by atoms with Gasteiger partial charge >= 0.3 is 0 Å². The highest BCUT2D eigenvalue weighted by Crippen LogP contribution is 2.30. The van der Waals surface area contributed by atoms with Gasteiger partial charge in [-0.1, -0.05) is 12.5 Å². The molecule has 21 heavy (non-hydrogen) atoms. The van der Waals surface area contributed by atoms with Gasteiger partial charge in [0.05, 0.1) is 4.92 Å². The number of carbonyl (C=O) groups is 1. The molecule has 0 bridgehead atoms. The van der Waals surface area contributed by atoms with E-state index in [9.17, 15) is 14.9 Å². The molecule has 114 valence electrons. The lowest BCUT2D eigenvalue weighted by molar-refractivity contribution is -0.385. The van der Waals surface area contributed by atoms with Crippen molar-refractivity contribution in [3.8, 4) is 0 Å². The lowest BCUT2D eigenvalue weighted by Crippen LogP contribution is -2.41. The van der Waals surface area contributed by atoms with E-state index in [0.717, 1.165) is 19.3 Å². The highest BCUT2D eigenvalue weighted by atomic mass is 16.6. The number of nitro benzene ring substituents is 1. The third-order valence-electron chi connectivity index (χ3n) is 4.39. The van der Waals surface area contributed by atoms with E-state index in [2.05, 4.69) is 0 Å². The first-order valence-corrected chi connectivity index (χ1v) is 7.18. The van der Waals surface area contributed by atoms with Crippen molar-refractivity contribution in [1.82, 2.24) is 4.90 Å². The fraction of sp³-hybridized carbons (Fsp3) is 0.533. The molecule has 2 atom stereocenters. The first-order chi connectivity index (χ1) is 9.95. The fourth-order valence-electron chi connectivity index (χ4n) is 3.10. The quantitative estimate of drug-likeness (QED) is 0.679. The van der Waals surface area contributed by atoms with Crippen LogP contribution in [0.2, 0.25) is 0 Å². The molecule has 1 fully saturated rings. The zero-order valence-corrected chi connectivity index (χ0v) is 12.4. The van der Waals surface area contributed by atoms with E-state index in [1.807, 2.05) is 0 Å². The number of benzene rings is 1. The molecule has 0 saturated heterocycles. The summed E-state index contributed by atoms with van der Waals surface area (Å²) >= 11 is 0. The van der Waals surface area contributed by atoms with Gasteiger partial charge in [-0.25, -0.2) is 0 Å². The summed E-state index contributed by atoms with van der Waals surface area (Å²) in [4.78, 5) is 24.8. The standard InChI is InChI=1S/C15H21N3O3/c1-10-6-7-11(8-14(10)18(20)21)15(19)17(2)13-5-3-4-12(13)9-16/h6-8,12-13H,3-5,9,16H2,1-2H3. The van der Waals surface area contributed by atoms with Gasteiger partial charge in [-0.05, 0) is 38.3 Å². The number of rotatable bonds is 4. The Morgan fingerprint density at radius 3 is 2.81 bits per heavy atom. The van der Waals surface area contributed by atoms with Gasteiger partial charge in [-0.2, -0.15) is 0 Å². The van der Waals surface area contributed by atoms with Gasteiger partial charge in [-0.3, -0.25) is 14.9 Å². The second kappa shape index (κ2) is 6.22. The van der Waals surface area contributed by atoms with Gasteiger partial charge in [0, 0.05) is 30.3 Å². The maximum atomic E-state index is 12.5. The monoisotopic (exact) mass is 291 g/mol. The minimum absolute atomic E-state index is 0.0175. The van der Waals surface area contributed by atoms with Crippen LogP contribution in [0.25, 0.3) is 0 Å². The summed E-state index contributed by atoms with van der Waals surface area (Å²) in [7, 11) is 1.76. The summed E-state index contributed by atoms with van der Waals surface area (Å²) < 4.78 is 0. The topological polar surface area (TPSA) is 89.5 Å². The number of nitrogens with two attached hydrogens (primary N) is 1. The van der Waals surface area contributed by atoms with E-state index in [-0.39, 0.29) is 17.6 Å². The number of nitrogens with zero attached hydrogens (tertiary/aromatic N) is 2. The number of aryl methyl sites for hydroxylation is 1. The van der Waals surface area contributed by atoms with E-state index < -0.39 is 4.92 Å². The van der Waals surface area contributed by atoms with E-state index in [1.54, 1.807) is 31.0 Å². The average molecular weight is 291 g/mol. The van der Waals surface area contributed by atoms with E-state index in [4.69, 9.17) is 5.73 Å². The van der Waals surface area contributed by atoms with E-state index in [1.165, 1.54) is 6.07 Å². The Bertz CT molecular complexity index is 559.